The predicted molar refractivity (Wildman–Crippen MR) is 68.6 cm³/mol. The number of benzene rings is 1. The number of furan rings is 1. The lowest BCUT2D eigenvalue weighted by Crippen LogP contribution is -2.29. The lowest BCUT2D eigenvalue weighted by Gasteiger charge is -2.02. The first kappa shape index (κ1) is 13.4. The fourth-order valence-corrected chi connectivity index (χ4v) is 1.80. The number of hydrogen-bond acceptors (Lipinski definition) is 4. The minimum Gasteiger partial charge on any atom is -0.451 e. The highest BCUT2D eigenvalue weighted by Gasteiger charge is 2.18. The Labute approximate surface area is 113 Å². The number of fused-ring (bicyclic) bond motifs is 1. The van der Waals surface area contributed by atoms with Gasteiger partial charge in [0.25, 0.3) is 0 Å². The van der Waals surface area contributed by atoms with E-state index >= 15 is 0 Å². The second-order valence-corrected chi connectivity index (χ2v) is 4.32. The maximum Gasteiger partial charge on any atom is 0.310 e. The van der Waals surface area contributed by atoms with Crippen molar-refractivity contribution in [2.75, 3.05) is 6.61 Å². The van der Waals surface area contributed by atoms with Crippen molar-refractivity contribution in [2.24, 2.45) is 5.73 Å². The summed E-state index contributed by atoms with van der Waals surface area (Å²) < 4.78 is 5.41. The summed E-state index contributed by atoms with van der Waals surface area (Å²) in [5.74, 6) is -1.18. The number of carbonyl (C=O) groups is 2. The third-order valence-electron chi connectivity index (χ3n) is 2.48. The summed E-state index contributed by atoms with van der Waals surface area (Å²) in [6.07, 6.45) is 0. The first-order valence-corrected chi connectivity index (χ1v) is 5.76. The summed E-state index contributed by atoms with van der Waals surface area (Å²) in [5.41, 5.74) is 8.13. The smallest absolute Gasteiger partial charge is 0.310 e. The van der Waals surface area contributed by atoms with Crippen LogP contribution in [0.1, 0.15) is 16.1 Å². The molecule has 0 aliphatic heterocycles. The fourth-order valence-electron chi connectivity index (χ4n) is 1.63. The molecule has 1 aromatic carbocycles. The van der Waals surface area contributed by atoms with Gasteiger partial charge >= 0.3 is 5.91 Å². The number of nitrogens with one attached hydrogen (secondary N) is 1. The van der Waals surface area contributed by atoms with E-state index in [1.54, 1.807) is 25.1 Å². The Balaban J connectivity index is 2.22. The number of halogens is 1. The average Bonchev–Trinajstić information content (AvgIpc) is 2.66. The van der Waals surface area contributed by atoms with Crippen LogP contribution in [-0.2, 0) is 9.63 Å². The molecule has 1 aromatic heterocycles. The molecule has 0 unspecified atom stereocenters. The van der Waals surface area contributed by atoms with Crippen LogP contribution in [0.15, 0.2) is 22.6 Å². The van der Waals surface area contributed by atoms with Crippen molar-refractivity contribution in [2.45, 2.75) is 6.92 Å². The van der Waals surface area contributed by atoms with Gasteiger partial charge in [-0.2, -0.15) is 0 Å². The van der Waals surface area contributed by atoms with Crippen LogP contribution in [0, 0.1) is 6.92 Å². The molecule has 0 saturated carbocycles. The molecule has 6 nitrogen and oxygen atoms in total. The summed E-state index contributed by atoms with van der Waals surface area (Å²) in [7, 11) is 0. The molecule has 0 spiro atoms. The highest BCUT2D eigenvalue weighted by Crippen LogP contribution is 2.27. The van der Waals surface area contributed by atoms with E-state index in [0.29, 0.717) is 16.2 Å². The maximum atomic E-state index is 11.8. The van der Waals surface area contributed by atoms with E-state index in [9.17, 15) is 9.59 Å². The number of hydrogen-bond donors (Lipinski definition) is 2. The number of nitrogens with two attached hydrogens (primary N) is 1. The van der Waals surface area contributed by atoms with Gasteiger partial charge in [0.1, 0.15) is 5.58 Å². The molecule has 0 aliphatic carbocycles. The number of rotatable bonds is 4. The van der Waals surface area contributed by atoms with Crippen molar-refractivity contribution in [3.8, 4) is 0 Å². The third kappa shape index (κ3) is 2.86. The van der Waals surface area contributed by atoms with Gasteiger partial charge in [0, 0.05) is 16.0 Å². The Hall–Kier alpha value is -2.05. The van der Waals surface area contributed by atoms with Gasteiger partial charge in [-0.15, -0.1) is 0 Å². The zero-order chi connectivity index (χ0) is 14.0. The second kappa shape index (κ2) is 5.29. The van der Waals surface area contributed by atoms with Crippen molar-refractivity contribution < 1.29 is 18.8 Å². The Bertz CT molecular complexity index is 650. The van der Waals surface area contributed by atoms with Gasteiger partial charge in [-0.3, -0.25) is 14.4 Å². The van der Waals surface area contributed by atoms with E-state index in [2.05, 4.69) is 10.3 Å². The SMILES string of the molecule is Cc1c(C(=O)NOCC(N)=O)oc2ccc(Cl)cc12. The molecule has 2 amide bonds. The molecule has 7 heteroatoms. The summed E-state index contributed by atoms with van der Waals surface area (Å²) in [6.45, 7) is 1.32. The Morgan fingerprint density at radius 2 is 2.21 bits per heavy atom. The first-order chi connectivity index (χ1) is 8.99. The van der Waals surface area contributed by atoms with Crippen molar-refractivity contribution in [3.05, 3.63) is 34.5 Å². The van der Waals surface area contributed by atoms with Crippen LogP contribution in [0.2, 0.25) is 5.02 Å². The standard InChI is InChI=1S/C12H11ClN2O4/c1-6-8-4-7(13)2-3-9(8)19-11(6)12(17)15-18-5-10(14)16/h2-4H,5H2,1H3,(H2,14,16)(H,15,17). The summed E-state index contributed by atoms with van der Waals surface area (Å²) in [5, 5.41) is 1.29. The van der Waals surface area contributed by atoms with Crippen LogP contribution >= 0.6 is 11.6 Å². The number of amides is 2. The molecule has 0 radical (unpaired) electrons. The lowest BCUT2D eigenvalue weighted by molar-refractivity contribution is -0.124. The van der Waals surface area contributed by atoms with Crippen LogP contribution in [0.3, 0.4) is 0 Å². The normalized spacial score (nSPS) is 10.6. The Morgan fingerprint density at radius 1 is 1.47 bits per heavy atom. The summed E-state index contributed by atoms with van der Waals surface area (Å²) in [6, 6.07) is 5.04. The minimum absolute atomic E-state index is 0.0988. The number of primary amides is 1. The van der Waals surface area contributed by atoms with E-state index in [-0.39, 0.29) is 5.76 Å². The molecule has 19 heavy (non-hydrogen) atoms. The Kier molecular flexibility index (Phi) is 3.73. The molecule has 2 rings (SSSR count). The van der Waals surface area contributed by atoms with E-state index in [1.165, 1.54) is 0 Å². The van der Waals surface area contributed by atoms with E-state index in [1.807, 2.05) is 0 Å². The van der Waals surface area contributed by atoms with Crippen LogP contribution in [0.4, 0.5) is 0 Å². The molecular weight excluding hydrogens is 272 g/mol. The highest BCUT2D eigenvalue weighted by molar-refractivity contribution is 6.31. The van der Waals surface area contributed by atoms with Gasteiger partial charge < -0.3 is 10.2 Å². The monoisotopic (exact) mass is 282 g/mol. The topological polar surface area (TPSA) is 94.6 Å². The van der Waals surface area contributed by atoms with E-state index in [4.69, 9.17) is 21.8 Å². The van der Waals surface area contributed by atoms with Gasteiger partial charge in [0.2, 0.25) is 5.91 Å². The second-order valence-electron chi connectivity index (χ2n) is 3.88. The van der Waals surface area contributed by atoms with Gasteiger partial charge in [-0.05, 0) is 25.1 Å². The first-order valence-electron chi connectivity index (χ1n) is 5.38. The molecule has 100 valence electrons. The largest absolute Gasteiger partial charge is 0.451 e. The maximum absolute atomic E-state index is 11.8. The third-order valence-corrected chi connectivity index (χ3v) is 2.72. The number of hydroxylamine groups is 1. The molecule has 0 saturated heterocycles. The fraction of sp³-hybridized carbons (Fsp3) is 0.167. The van der Waals surface area contributed by atoms with Crippen molar-refractivity contribution >= 4 is 34.4 Å². The molecule has 0 aliphatic rings. The van der Waals surface area contributed by atoms with Gasteiger partial charge in [-0.1, -0.05) is 11.6 Å². The molecule has 2 aromatic rings. The van der Waals surface area contributed by atoms with Crippen LogP contribution in [0.25, 0.3) is 11.0 Å². The van der Waals surface area contributed by atoms with Crippen LogP contribution in [-0.4, -0.2) is 18.4 Å². The van der Waals surface area contributed by atoms with Gasteiger partial charge in [0.15, 0.2) is 12.4 Å². The van der Waals surface area contributed by atoms with Gasteiger partial charge in [0.05, 0.1) is 0 Å². The summed E-state index contributed by atoms with van der Waals surface area (Å²) in [4.78, 5) is 26.9. The molecule has 1 heterocycles. The van der Waals surface area contributed by atoms with Gasteiger partial charge in [-0.25, -0.2) is 5.48 Å². The Morgan fingerprint density at radius 3 is 2.89 bits per heavy atom. The van der Waals surface area contributed by atoms with E-state index < -0.39 is 18.4 Å². The molecule has 3 N–H and O–H groups in total. The lowest BCUT2D eigenvalue weighted by atomic mass is 10.1. The van der Waals surface area contributed by atoms with Crippen molar-refractivity contribution in [1.29, 1.82) is 0 Å². The van der Waals surface area contributed by atoms with Crippen molar-refractivity contribution in [3.63, 3.8) is 0 Å². The molecule has 0 fully saturated rings. The predicted octanol–water partition coefficient (Wildman–Crippen LogP) is 1.54. The van der Waals surface area contributed by atoms with Crippen LogP contribution < -0.4 is 11.2 Å². The zero-order valence-corrected chi connectivity index (χ0v) is 10.8. The van der Waals surface area contributed by atoms with Crippen molar-refractivity contribution in [1.82, 2.24) is 5.48 Å². The zero-order valence-electron chi connectivity index (χ0n) is 10.0. The minimum atomic E-state index is -0.687. The quantitative estimate of drug-likeness (QED) is 0.832. The van der Waals surface area contributed by atoms with E-state index in [0.717, 1.165) is 5.39 Å². The average molecular weight is 283 g/mol. The summed E-state index contributed by atoms with van der Waals surface area (Å²) >= 11 is 5.88. The van der Waals surface area contributed by atoms with Crippen LogP contribution in [0.5, 0.6) is 0 Å². The highest BCUT2D eigenvalue weighted by atomic mass is 35.5. The molecule has 0 atom stereocenters. The number of carbonyl (C=O) groups excluding carboxylic acids is 2. The number of aryl methyl sites for hydroxylation is 1. The molecule has 0 bridgehead atoms. The molecular formula is C12H11ClN2O4.